The van der Waals surface area contributed by atoms with E-state index in [0.29, 0.717) is 0 Å². The molecule has 2 rings (SSSR count). The Kier molecular flexibility index (Phi) is 3.49. The van der Waals surface area contributed by atoms with Crippen LogP contribution in [0.15, 0.2) is 47.3 Å². The average molecular weight is 230 g/mol. The molecule has 0 bridgehead atoms. The molecule has 0 fully saturated rings. The van der Waals surface area contributed by atoms with E-state index < -0.39 is 0 Å². The second-order valence-corrected chi connectivity index (χ2v) is 4.37. The molecular weight excluding hydrogens is 212 g/mol. The normalized spacial score (nSPS) is 12.4. The van der Waals surface area contributed by atoms with Crippen molar-refractivity contribution in [3.63, 3.8) is 0 Å². The van der Waals surface area contributed by atoms with Gasteiger partial charge < -0.3 is 15.1 Å². The van der Waals surface area contributed by atoms with E-state index in [-0.39, 0.29) is 6.04 Å². The van der Waals surface area contributed by atoms with Crippen LogP contribution in [0.4, 0.5) is 5.69 Å². The number of anilines is 1. The van der Waals surface area contributed by atoms with E-state index in [9.17, 15) is 0 Å². The van der Waals surface area contributed by atoms with Gasteiger partial charge in [-0.15, -0.1) is 0 Å². The second-order valence-electron chi connectivity index (χ2n) is 4.37. The summed E-state index contributed by atoms with van der Waals surface area (Å²) in [5.74, 6) is 0. The van der Waals surface area contributed by atoms with Gasteiger partial charge in [-0.3, -0.25) is 0 Å². The van der Waals surface area contributed by atoms with Crippen LogP contribution in [-0.2, 0) is 6.54 Å². The number of nitrogens with zero attached hydrogens (tertiary/aromatic N) is 1. The maximum atomic E-state index is 5.82. The topological polar surface area (TPSA) is 42.4 Å². The Morgan fingerprint density at radius 2 is 1.94 bits per heavy atom. The number of benzene rings is 1. The molecule has 1 aromatic heterocycles. The summed E-state index contributed by atoms with van der Waals surface area (Å²) in [6.07, 6.45) is 3.47. The average Bonchev–Trinajstić information content (AvgIpc) is 2.82. The van der Waals surface area contributed by atoms with Crippen LogP contribution < -0.4 is 10.6 Å². The fourth-order valence-electron chi connectivity index (χ4n) is 1.78. The van der Waals surface area contributed by atoms with Crippen LogP contribution in [-0.4, -0.2) is 7.05 Å². The van der Waals surface area contributed by atoms with E-state index >= 15 is 0 Å². The summed E-state index contributed by atoms with van der Waals surface area (Å²) in [4.78, 5) is 2.18. The van der Waals surface area contributed by atoms with Crippen LogP contribution in [0.3, 0.4) is 0 Å². The zero-order valence-corrected chi connectivity index (χ0v) is 10.3. The fourth-order valence-corrected chi connectivity index (χ4v) is 1.78. The highest BCUT2D eigenvalue weighted by Crippen LogP contribution is 2.18. The minimum absolute atomic E-state index is 0.0863. The molecule has 0 saturated carbocycles. The molecule has 0 spiro atoms. The van der Waals surface area contributed by atoms with Gasteiger partial charge in [0.25, 0.3) is 0 Å². The number of hydrogen-bond donors (Lipinski definition) is 1. The van der Waals surface area contributed by atoms with Gasteiger partial charge >= 0.3 is 0 Å². The molecule has 17 heavy (non-hydrogen) atoms. The molecule has 0 saturated heterocycles. The molecule has 3 nitrogen and oxygen atoms in total. The largest absolute Gasteiger partial charge is 0.472 e. The molecule has 1 atom stereocenters. The van der Waals surface area contributed by atoms with Crippen LogP contribution >= 0.6 is 0 Å². The second kappa shape index (κ2) is 5.06. The minimum atomic E-state index is 0.0863. The molecule has 0 amide bonds. The molecule has 1 aromatic carbocycles. The summed E-state index contributed by atoms with van der Waals surface area (Å²) < 4.78 is 5.06. The van der Waals surface area contributed by atoms with Crippen molar-refractivity contribution in [2.24, 2.45) is 5.73 Å². The standard InChI is InChI=1S/C14H18N2O/c1-11(15)13-3-5-14(6-4-13)16(2)9-12-7-8-17-10-12/h3-8,10-11H,9,15H2,1-2H3/t11-/m1/s1. The van der Waals surface area contributed by atoms with Crippen molar-refractivity contribution in [1.82, 2.24) is 0 Å². The highest BCUT2D eigenvalue weighted by molar-refractivity contribution is 5.47. The first-order valence-corrected chi connectivity index (χ1v) is 5.74. The molecule has 0 radical (unpaired) electrons. The zero-order valence-electron chi connectivity index (χ0n) is 10.3. The van der Waals surface area contributed by atoms with Gasteiger partial charge in [-0.25, -0.2) is 0 Å². The van der Waals surface area contributed by atoms with E-state index in [2.05, 4.69) is 36.2 Å². The van der Waals surface area contributed by atoms with Crippen molar-refractivity contribution in [3.05, 3.63) is 54.0 Å². The predicted octanol–water partition coefficient (Wildman–Crippen LogP) is 2.94. The summed E-state index contributed by atoms with van der Waals surface area (Å²) in [5.41, 5.74) is 9.33. The van der Waals surface area contributed by atoms with E-state index in [1.54, 1.807) is 12.5 Å². The van der Waals surface area contributed by atoms with Crippen molar-refractivity contribution in [3.8, 4) is 0 Å². The van der Waals surface area contributed by atoms with E-state index in [0.717, 1.165) is 12.1 Å². The molecule has 0 aliphatic carbocycles. The Bertz CT molecular complexity index is 446. The summed E-state index contributed by atoms with van der Waals surface area (Å²) in [6, 6.07) is 10.4. The van der Waals surface area contributed by atoms with Crippen LogP contribution in [0.25, 0.3) is 0 Å². The van der Waals surface area contributed by atoms with Gasteiger partial charge in [-0.2, -0.15) is 0 Å². The lowest BCUT2D eigenvalue weighted by atomic mass is 10.1. The van der Waals surface area contributed by atoms with E-state index in [1.807, 2.05) is 13.0 Å². The SMILES string of the molecule is C[C@@H](N)c1ccc(N(C)Cc2ccoc2)cc1. The lowest BCUT2D eigenvalue weighted by Gasteiger charge is -2.19. The first-order chi connectivity index (χ1) is 8.16. The molecule has 2 N–H and O–H groups in total. The van der Waals surface area contributed by atoms with Crippen LogP contribution in [0, 0.1) is 0 Å². The Hall–Kier alpha value is -1.74. The summed E-state index contributed by atoms with van der Waals surface area (Å²) in [6.45, 7) is 2.83. The summed E-state index contributed by atoms with van der Waals surface area (Å²) in [7, 11) is 2.06. The van der Waals surface area contributed by atoms with Crippen LogP contribution in [0.2, 0.25) is 0 Å². The van der Waals surface area contributed by atoms with Crippen molar-refractivity contribution < 1.29 is 4.42 Å². The van der Waals surface area contributed by atoms with E-state index in [1.165, 1.54) is 11.3 Å². The summed E-state index contributed by atoms with van der Waals surface area (Å²) in [5, 5.41) is 0. The van der Waals surface area contributed by atoms with Gasteiger partial charge in [0.05, 0.1) is 12.5 Å². The number of rotatable bonds is 4. The monoisotopic (exact) mass is 230 g/mol. The number of furan rings is 1. The molecular formula is C14H18N2O. The van der Waals surface area contributed by atoms with Crippen LogP contribution in [0.1, 0.15) is 24.1 Å². The third-order valence-electron chi connectivity index (χ3n) is 2.86. The van der Waals surface area contributed by atoms with Gasteiger partial charge in [-0.1, -0.05) is 12.1 Å². The van der Waals surface area contributed by atoms with Crippen molar-refractivity contribution in [2.75, 3.05) is 11.9 Å². The summed E-state index contributed by atoms with van der Waals surface area (Å²) >= 11 is 0. The predicted molar refractivity (Wildman–Crippen MR) is 69.9 cm³/mol. The number of nitrogens with two attached hydrogens (primary N) is 1. The molecule has 0 aliphatic heterocycles. The number of hydrogen-bond acceptors (Lipinski definition) is 3. The molecule has 3 heteroatoms. The van der Waals surface area contributed by atoms with Gasteiger partial charge in [0.2, 0.25) is 0 Å². The van der Waals surface area contributed by atoms with Gasteiger partial charge in [0.1, 0.15) is 0 Å². The van der Waals surface area contributed by atoms with Gasteiger partial charge in [0.15, 0.2) is 0 Å². The Morgan fingerprint density at radius 3 is 2.47 bits per heavy atom. The highest BCUT2D eigenvalue weighted by atomic mass is 16.3. The Balaban J connectivity index is 2.06. The van der Waals surface area contributed by atoms with Crippen molar-refractivity contribution >= 4 is 5.69 Å². The smallest absolute Gasteiger partial charge is 0.0952 e. The maximum Gasteiger partial charge on any atom is 0.0952 e. The Morgan fingerprint density at radius 1 is 1.24 bits per heavy atom. The quantitative estimate of drug-likeness (QED) is 0.878. The lowest BCUT2D eigenvalue weighted by Crippen LogP contribution is -2.16. The first kappa shape index (κ1) is 11.7. The Labute approximate surface area is 102 Å². The molecule has 0 unspecified atom stereocenters. The van der Waals surface area contributed by atoms with E-state index in [4.69, 9.17) is 10.2 Å². The third kappa shape index (κ3) is 2.88. The maximum absolute atomic E-state index is 5.82. The first-order valence-electron chi connectivity index (χ1n) is 5.74. The van der Waals surface area contributed by atoms with Gasteiger partial charge in [0, 0.05) is 30.9 Å². The third-order valence-corrected chi connectivity index (χ3v) is 2.86. The van der Waals surface area contributed by atoms with Crippen molar-refractivity contribution in [2.45, 2.75) is 19.5 Å². The highest BCUT2D eigenvalue weighted by Gasteiger charge is 2.04. The molecule has 1 heterocycles. The van der Waals surface area contributed by atoms with Gasteiger partial charge in [-0.05, 0) is 30.7 Å². The zero-order chi connectivity index (χ0) is 12.3. The minimum Gasteiger partial charge on any atom is -0.472 e. The fraction of sp³-hybridized carbons (Fsp3) is 0.286. The lowest BCUT2D eigenvalue weighted by molar-refractivity contribution is 0.563. The molecule has 0 aliphatic rings. The van der Waals surface area contributed by atoms with Crippen LogP contribution in [0.5, 0.6) is 0 Å². The van der Waals surface area contributed by atoms with Crippen molar-refractivity contribution in [1.29, 1.82) is 0 Å². The molecule has 90 valence electrons. The molecule has 2 aromatic rings.